The van der Waals surface area contributed by atoms with Crippen LogP contribution in [0.4, 0.5) is 10.1 Å². The largest absolute Gasteiger partial charge is 0.493 e. The normalized spacial score (nSPS) is 15.4. The van der Waals surface area contributed by atoms with Gasteiger partial charge in [0.05, 0.1) is 33.8 Å². The zero-order chi connectivity index (χ0) is 20.4. The molecule has 1 amide bonds. The number of halogens is 2. The standard InChI is InChI=1S/C21H20FIN2O3/c1-12(2)28-20-18(23)10-14(11-19(20)27-4)9-17-13(3)24-25(21(17)26)16-7-5-15(22)6-8-16/h5-12H,1-4H3/b17-9-. The number of nitrogens with zero attached hydrogens (tertiary/aromatic N) is 2. The number of benzene rings is 2. The fraction of sp³-hybridized carbons (Fsp3) is 0.238. The number of methoxy groups -OCH3 is 1. The highest BCUT2D eigenvalue weighted by Crippen LogP contribution is 2.36. The van der Waals surface area contributed by atoms with Crippen LogP contribution in [0.5, 0.6) is 11.5 Å². The Bertz CT molecular complexity index is 968. The maximum atomic E-state index is 13.2. The highest BCUT2D eigenvalue weighted by molar-refractivity contribution is 14.1. The summed E-state index contributed by atoms with van der Waals surface area (Å²) in [5.74, 6) is 0.650. The van der Waals surface area contributed by atoms with E-state index in [1.165, 1.54) is 29.3 Å². The zero-order valence-electron chi connectivity index (χ0n) is 16.0. The SMILES string of the molecule is COc1cc(/C=C2\C(=O)N(c3ccc(F)cc3)N=C2C)cc(I)c1OC(C)C. The van der Waals surface area contributed by atoms with Gasteiger partial charge in [0, 0.05) is 0 Å². The molecular weight excluding hydrogens is 474 g/mol. The van der Waals surface area contributed by atoms with Crippen molar-refractivity contribution in [1.82, 2.24) is 0 Å². The average molecular weight is 494 g/mol. The zero-order valence-corrected chi connectivity index (χ0v) is 18.2. The highest BCUT2D eigenvalue weighted by atomic mass is 127. The molecule has 0 bridgehead atoms. The maximum absolute atomic E-state index is 13.2. The molecule has 7 heteroatoms. The van der Waals surface area contributed by atoms with Crippen LogP contribution in [0, 0.1) is 9.39 Å². The fourth-order valence-corrected chi connectivity index (χ4v) is 3.53. The van der Waals surface area contributed by atoms with Crippen molar-refractivity contribution < 1.29 is 18.7 Å². The van der Waals surface area contributed by atoms with Crippen LogP contribution >= 0.6 is 22.6 Å². The summed E-state index contributed by atoms with van der Waals surface area (Å²) in [5.41, 5.74) is 2.38. The number of ether oxygens (including phenoxy) is 2. The molecule has 2 aromatic carbocycles. The van der Waals surface area contributed by atoms with Crippen molar-refractivity contribution in [1.29, 1.82) is 0 Å². The first-order chi connectivity index (χ1) is 13.3. The number of hydrogen-bond donors (Lipinski definition) is 0. The van der Waals surface area contributed by atoms with Gasteiger partial charge in [-0.1, -0.05) is 0 Å². The molecule has 3 rings (SSSR count). The van der Waals surface area contributed by atoms with E-state index in [9.17, 15) is 9.18 Å². The topological polar surface area (TPSA) is 51.1 Å². The third-order valence-corrected chi connectivity index (χ3v) is 4.85. The van der Waals surface area contributed by atoms with E-state index in [1.54, 1.807) is 20.1 Å². The molecule has 0 saturated heterocycles. The van der Waals surface area contributed by atoms with Gasteiger partial charge in [-0.2, -0.15) is 10.1 Å². The Kier molecular flexibility index (Phi) is 6.02. The predicted molar refractivity (Wildman–Crippen MR) is 116 cm³/mol. The van der Waals surface area contributed by atoms with Gasteiger partial charge in [-0.05, 0) is 91.4 Å². The lowest BCUT2D eigenvalue weighted by Gasteiger charge is -2.16. The number of hydrogen-bond acceptors (Lipinski definition) is 4. The van der Waals surface area contributed by atoms with Gasteiger partial charge >= 0.3 is 0 Å². The number of carbonyl (C=O) groups excluding carboxylic acids is 1. The first-order valence-corrected chi connectivity index (χ1v) is 9.79. The molecule has 0 unspecified atom stereocenters. The molecule has 28 heavy (non-hydrogen) atoms. The minimum absolute atomic E-state index is 0.0154. The Morgan fingerprint density at radius 3 is 2.50 bits per heavy atom. The molecule has 0 atom stereocenters. The second kappa shape index (κ2) is 8.30. The first-order valence-electron chi connectivity index (χ1n) is 8.71. The van der Waals surface area contributed by atoms with Gasteiger partial charge in [-0.3, -0.25) is 4.79 Å². The molecule has 146 valence electrons. The van der Waals surface area contributed by atoms with Crippen molar-refractivity contribution in [3.8, 4) is 11.5 Å². The lowest BCUT2D eigenvalue weighted by molar-refractivity contribution is -0.114. The van der Waals surface area contributed by atoms with Crippen LogP contribution in [-0.4, -0.2) is 24.8 Å². The van der Waals surface area contributed by atoms with Crippen molar-refractivity contribution in [2.45, 2.75) is 26.9 Å². The lowest BCUT2D eigenvalue weighted by Crippen LogP contribution is -2.21. The van der Waals surface area contributed by atoms with E-state index < -0.39 is 0 Å². The Labute approximate surface area is 177 Å². The van der Waals surface area contributed by atoms with Crippen molar-refractivity contribution >= 4 is 46.0 Å². The third-order valence-electron chi connectivity index (χ3n) is 4.05. The molecule has 0 aromatic heterocycles. The molecule has 0 spiro atoms. The van der Waals surface area contributed by atoms with Crippen LogP contribution in [0.2, 0.25) is 0 Å². The average Bonchev–Trinajstić information content (AvgIpc) is 2.92. The smallest absolute Gasteiger partial charge is 0.280 e. The monoisotopic (exact) mass is 494 g/mol. The molecule has 0 saturated carbocycles. The van der Waals surface area contributed by atoms with Crippen LogP contribution in [0.25, 0.3) is 6.08 Å². The quantitative estimate of drug-likeness (QED) is 0.433. The summed E-state index contributed by atoms with van der Waals surface area (Å²) >= 11 is 2.19. The molecule has 2 aromatic rings. The van der Waals surface area contributed by atoms with Gasteiger partial charge in [0.25, 0.3) is 5.91 Å². The summed E-state index contributed by atoms with van der Waals surface area (Å²) in [6.07, 6.45) is 1.79. The van der Waals surface area contributed by atoms with Crippen LogP contribution in [0.1, 0.15) is 26.3 Å². The summed E-state index contributed by atoms with van der Waals surface area (Å²) in [7, 11) is 1.58. The van der Waals surface area contributed by atoms with Crippen LogP contribution in [0.3, 0.4) is 0 Å². The van der Waals surface area contributed by atoms with Crippen LogP contribution in [-0.2, 0) is 4.79 Å². The van der Waals surface area contributed by atoms with Crippen molar-refractivity contribution in [2.75, 3.05) is 12.1 Å². The Balaban J connectivity index is 1.95. The van der Waals surface area contributed by atoms with Gasteiger partial charge in [0.1, 0.15) is 5.82 Å². The molecule has 5 nitrogen and oxygen atoms in total. The van der Waals surface area contributed by atoms with Crippen molar-refractivity contribution in [3.63, 3.8) is 0 Å². The molecule has 1 aliphatic rings. The number of amides is 1. The van der Waals surface area contributed by atoms with Crippen molar-refractivity contribution in [3.05, 3.63) is 56.9 Å². The van der Waals surface area contributed by atoms with E-state index in [0.29, 0.717) is 28.5 Å². The molecular formula is C21H20FIN2O3. The van der Waals surface area contributed by atoms with E-state index in [-0.39, 0.29) is 17.8 Å². The first kappa shape index (κ1) is 20.3. The number of rotatable bonds is 5. The lowest BCUT2D eigenvalue weighted by atomic mass is 10.1. The fourth-order valence-electron chi connectivity index (χ4n) is 2.78. The van der Waals surface area contributed by atoms with E-state index in [1.807, 2.05) is 26.0 Å². The minimum Gasteiger partial charge on any atom is -0.493 e. The number of hydrazone groups is 1. The second-order valence-electron chi connectivity index (χ2n) is 6.54. The molecule has 0 radical (unpaired) electrons. The van der Waals surface area contributed by atoms with Gasteiger partial charge in [0.15, 0.2) is 11.5 Å². The Hall–Kier alpha value is -2.42. The minimum atomic E-state index is -0.364. The summed E-state index contributed by atoms with van der Waals surface area (Å²) < 4.78 is 25.3. The van der Waals surface area contributed by atoms with E-state index >= 15 is 0 Å². The summed E-state index contributed by atoms with van der Waals surface area (Å²) in [6, 6.07) is 9.41. The number of carbonyl (C=O) groups is 1. The van der Waals surface area contributed by atoms with E-state index in [4.69, 9.17) is 9.47 Å². The van der Waals surface area contributed by atoms with Gasteiger partial charge in [-0.25, -0.2) is 4.39 Å². The number of anilines is 1. The molecule has 0 N–H and O–H groups in total. The summed E-state index contributed by atoms with van der Waals surface area (Å²) in [5, 5.41) is 5.60. The van der Waals surface area contributed by atoms with E-state index in [0.717, 1.165) is 9.13 Å². The third kappa shape index (κ3) is 4.19. The van der Waals surface area contributed by atoms with Gasteiger partial charge < -0.3 is 9.47 Å². The predicted octanol–water partition coefficient (Wildman–Crippen LogP) is 5.03. The summed E-state index contributed by atoms with van der Waals surface area (Å²) in [6.45, 7) is 5.67. The van der Waals surface area contributed by atoms with Gasteiger partial charge in [0.2, 0.25) is 0 Å². The highest BCUT2D eigenvalue weighted by Gasteiger charge is 2.29. The summed E-state index contributed by atoms with van der Waals surface area (Å²) in [4.78, 5) is 12.8. The van der Waals surface area contributed by atoms with Gasteiger partial charge in [-0.15, -0.1) is 0 Å². The molecule has 1 heterocycles. The van der Waals surface area contributed by atoms with Crippen molar-refractivity contribution in [2.24, 2.45) is 5.10 Å². The van der Waals surface area contributed by atoms with E-state index in [2.05, 4.69) is 27.7 Å². The molecule has 0 aliphatic carbocycles. The Morgan fingerprint density at radius 1 is 1.21 bits per heavy atom. The second-order valence-corrected chi connectivity index (χ2v) is 7.70. The Morgan fingerprint density at radius 2 is 1.89 bits per heavy atom. The molecule has 1 aliphatic heterocycles. The van der Waals surface area contributed by atoms with Crippen LogP contribution in [0.15, 0.2) is 47.1 Å². The van der Waals surface area contributed by atoms with Crippen LogP contribution < -0.4 is 14.5 Å². The molecule has 0 fully saturated rings. The maximum Gasteiger partial charge on any atom is 0.280 e.